The Morgan fingerprint density at radius 3 is 1.17 bits per heavy atom. The number of hydrogen-bond donors (Lipinski definition) is 1. The average molecular weight is 441 g/mol. The molecule has 0 fully saturated rings. The van der Waals surface area contributed by atoms with Gasteiger partial charge >= 0.3 is 5.97 Å². The molecule has 0 aromatic rings. The van der Waals surface area contributed by atoms with Crippen LogP contribution in [-0.4, -0.2) is 19.1 Å². The minimum Gasteiger partial charge on any atom is -0.481 e. The van der Waals surface area contributed by atoms with E-state index in [1.165, 1.54) is 128 Å². The maximum atomic E-state index is 10.5. The first-order valence-corrected chi connectivity index (χ1v) is 17.1. The van der Waals surface area contributed by atoms with Crippen LogP contribution in [0.2, 0.25) is 25.2 Å². The van der Waals surface area contributed by atoms with Crippen molar-refractivity contribution in [2.45, 2.75) is 167 Å². The third-order valence-corrected chi connectivity index (χ3v) is 10.1. The van der Waals surface area contributed by atoms with Crippen molar-refractivity contribution in [1.82, 2.24) is 0 Å². The van der Waals surface area contributed by atoms with Gasteiger partial charge in [0.2, 0.25) is 0 Å². The predicted octanol–water partition coefficient (Wildman–Crippen LogP) is 9.99. The molecule has 0 saturated carbocycles. The molecule has 0 aliphatic carbocycles. The SMILES string of the molecule is CCCCCCCCCCCCCCCCCC[Si](C)(C)CCCCCCC(=O)O. The van der Waals surface area contributed by atoms with Crippen molar-refractivity contribution in [2.75, 3.05) is 0 Å². The van der Waals surface area contributed by atoms with Gasteiger partial charge < -0.3 is 5.11 Å². The van der Waals surface area contributed by atoms with E-state index in [-0.39, 0.29) is 0 Å². The lowest BCUT2D eigenvalue weighted by Gasteiger charge is -2.22. The molecule has 0 saturated heterocycles. The Hall–Kier alpha value is -0.313. The van der Waals surface area contributed by atoms with Crippen LogP contribution in [0.15, 0.2) is 0 Å². The lowest BCUT2D eigenvalue weighted by molar-refractivity contribution is -0.137. The van der Waals surface area contributed by atoms with Gasteiger partial charge in [0.1, 0.15) is 0 Å². The quantitative estimate of drug-likeness (QED) is 0.120. The monoisotopic (exact) mass is 440 g/mol. The van der Waals surface area contributed by atoms with Crippen molar-refractivity contribution in [2.24, 2.45) is 0 Å². The lowest BCUT2D eigenvalue weighted by Crippen LogP contribution is -2.24. The molecular formula is C27H56O2Si. The van der Waals surface area contributed by atoms with E-state index in [4.69, 9.17) is 5.11 Å². The molecule has 0 spiro atoms. The second-order valence-electron chi connectivity index (χ2n) is 10.5. The molecule has 0 atom stereocenters. The van der Waals surface area contributed by atoms with E-state index >= 15 is 0 Å². The van der Waals surface area contributed by atoms with Crippen LogP contribution < -0.4 is 0 Å². The first-order valence-electron chi connectivity index (χ1n) is 13.7. The third kappa shape index (κ3) is 24.0. The van der Waals surface area contributed by atoms with Gasteiger partial charge in [0.15, 0.2) is 0 Å². The molecule has 30 heavy (non-hydrogen) atoms. The van der Waals surface area contributed by atoms with Crippen LogP contribution >= 0.6 is 0 Å². The van der Waals surface area contributed by atoms with Crippen LogP contribution in [0.25, 0.3) is 0 Å². The molecule has 0 aromatic carbocycles. The summed E-state index contributed by atoms with van der Waals surface area (Å²) in [4.78, 5) is 10.5. The highest BCUT2D eigenvalue weighted by atomic mass is 28.3. The zero-order valence-electron chi connectivity index (χ0n) is 21.1. The highest BCUT2D eigenvalue weighted by Crippen LogP contribution is 2.23. The van der Waals surface area contributed by atoms with Crippen molar-refractivity contribution in [3.8, 4) is 0 Å². The summed E-state index contributed by atoms with van der Waals surface area (Å²) < 4.78 is 0. The summed E-state index contributed by atoms with van der Waals surface area (Å²) in [6.45, 7) is 7.40. The van der Waals surface area contributed by atoms with Crippen molar-refractivity contribution in [3.05, 3.63) is 0 Å². The van der Waals surface area contributed by atoms with Gasteiger partial charge in [-0.3, -0.25) is 4.79 Å². The number of aliphatic carboxylic acids is 1. The van der Waals surface area contributed by atoms with Crippen LogP contribution in [0.1, 0.15) is 142 Å². The summed E-state index contributed by atoms with van der Waals surface area (Å²) in [7, 11) is -1.01. The first kappa shape index (κ1) is 29.7. The zero-order valence-corrected chi connectivity index (χ0v) is 22.1. The fourth-order valence-corrected chi connectivity index (χ4v) is 7.17. The molecule has 0 radical (unpaired) electrons. The van der Waals surface area contributed by atoms with E-state index in [1.54, 1.807) is 0 Å². The van der Waals surface area contributed by atoms with Crippen LogP contribution in [-0.2, 0) is 4.79 Å². The van der Waals surface area contributed by atoms with Crippen LogP contribution in [0, 0.1) is 0 Å². The molecule has 180 valence electrons. The predicted molar refractivity (Wildman–Crippen MR) is 137 cm³/mol. The van der Waals surface area contributed by atoms with Gasteiger partial charge in [0, 0.05) is 14.5 Å². The Labute approximate surface area is 191 Å². The van der Waals surface area contributed by atoms with Gasteiger partial charge in [0.25, 0.3) is 0 Å². The molecule has 0 heterocycles. The molecule has 0 aliphatic rings. The summed E-state index contributed by atoms with van der Waals surface area (Å²) >= 11 is 0. The second kappa shape index (κ2) is 21.9. The van der Waals surface area contributed by atoms with Gasteiger partial charge in [-0.15, -0.1) is 0 Å². The standard InChI is InChI=1S/C27H56O2Si/c1-4-5-6-7-8-9-10-11-12-13-14-15-16-17-19-22-25-30(2,3)26-23-20-18-21-24-27(28)29/h4-26H2,1-3H3,(H,28,29). The van der Waals surface area contributed by atoms with Gasteiger partial charge in [0.05, 0.1) is 0 Å². The minimum atomic E-state index is -1.01. The molecule has 0 bridgehead atoms. The maximum Gasteiger partial charge on any atom is 0.303 e. The van der Waals surface area contributed by atoms with Gasteiger partial charge in [-0.25, -0.2) is 0 Å². The summed E-state index contributed by atoms with van der Waals surface area (Å²) in [5, 5.41) is 8.68. The highest BCUT2D eigenvalue weighted by molar-refractivity contribution is 6.77. The highest BCUT2D eigenvalue weighted by Gasteiger charge is 2.19. The van der Waals surface area contributed by atoms with E-state index in [9.17, 15) is 4.79 Å². The minimum absolute atomic E-state index is 0.347. The number of rotatable bonds is 24. The van der Waals surface area contributed by atoms with E-state index in [2.05, 4.69) is 20.0 Å². The van der Waals surface area contributed by atoms with E-state index in [0.717, 1.165) is 12.8 Å². The molecule has 0 rings (SSSR count). The van der Waals surface area contributed by atoms with Crippen molar-refractivity contribution >= 4 is 14.0 Å². The first-order chi connectivity index (χ1) is 14.5. The zero-order chi connectivity index (χ0) is 22.3. The molecule has 0 aromatic heterocycles. The number of unbranched alkanes of at least 4 members (excludes halogenated alkanes) is 18. The van der Waals surface area contributed by atoms with Gasteiger partial charge in [-0.1, -0.05) is 154 Å². The molecule has 0 amide bonds. The largest absolute Gasteiger partial charge is 0.481 e. The normalized spacial score (nSPS) is 11.8. The van der Waals surface area contributed by atoms with E-state index in [0.29, 0.717) is 6.42 Å². The molecule has 2 nitrogen and oxygen atoms in total. The third-order valence-electron chi connectivity index (χ3n) is 6.70. The number of carboxylic acids is 1. The Balaban J connectivity index is 3.27. The summed E-state index contributed by atoms with van der Waals surface area (Å²) in [5.74, 6) is -0.645. The molecular weight excluding hydrogens is 384 g/mol. The average Bonchev–Trinajstić information content (AvgIpc) is 2.70. The molecule has 0 unspecified atom stereocenters. The van der Waals surface area contributed by atoms with Crippen molar-refractivity contribution in [3.63, 3.8) is 0 Å². The van der Waals surface area contributed by atoms with Crippen LogP contribution in [0.5, 0.6) is 0 Å². The maximum absolute atomic E-state index is 10.5. The Morgan fingerprint density at radius 1 is 0.533 bits per heavy atom. The molecule has 1 N–H and O–H groups in total. The Bertz CT molecular complexity index is 368. The number of carbonyl (C=O) groups is 1. The Kier molecular flexibility index (Phi) is 21.7. The van der Waals surface area contributed by atoms with Crippen molar-refractivity contribution in [1.29, 1.82) is 0 Å². The molecule has 0 aliphatic heterocycles. The molecule has 3 heteroatoms. The lowest BCUT2D eigenvalue weighted by atomic mass is 10.0. The van der Waals surface area contributed by atoms with E-state index < -0.39 is 14.0 Å². The summed E-state index contributed by atoms with van der Waals surface area (Å²) in [6, 6.07) is 2.92. The summed E-state index contributed by atoms with van der Waals surface area (Å²) in [5.41, 5.74) is 0. The fraction of sp³-hybridized carbons (Fsp3) is 0.963. The second-order valence-corrected chi connectivity index (χ2v) is 15.9. The fourth-order valence-electron chi connectivity index (χ4n) is 4.51. The topological polar surface area (TPSA) is 37.3 Å². The van der Waals surface area contributed by atoms with Crippen LogP contribution in [0.3, 0.4) is 0 Å². The van der Waals surface area contributed by atoms with E-state index in [1.807, 2.05) is 0 Å². The number of carboxylic acid groups (broad SMARTS) is 1. The Morgan fingerprint density at radius 2 is 0.833 bits per heavy atom. The van der Waals surface area contributed by atoms with Gasteiger partial charge in [-0.05, 0) is 6.42 Å². The van der Waals surface area contributed by atoms with Crippen molar-refractivity contribution < 1.29 is 9.90 Å². The van der Waals surface area contributed by atoms with Gasteiger partial charge in [-0.2, -0.15) is 0 Å². The number of hydrogen-bond acceptors (Lipinski definition) is 1. The summed E-state index contributed by atoms with van der Waals surface area (Å²) in [6.07, 6.45) is 28.0. The van der Waals surface area contributed by atoms with Crippen LogP contribution in [0.4, 0.5) is 0 Å². The smallest absolute Gasteiger partial charge is 0.303 e.